The maximum atomic E-state index is 12.1. The lowest BCUT2D eigenvalue weighted by atomic mass is 10.1. The number of rotatable bonds is 7. The minimum Gasteiger partial charge on any atom is -0.459 e. The Hall–Kier alpha value is -2.60. The van der Waals surface area contributed by atoms with E-state index >= 15 is 0 Å². The first kappa shape index (κ1) is 16.8. The standard InChI is InChI=1S/C17H21N3O3/c1-20(2)12-14(13-7-4-3-5-8-13)19-16(21)11-18-17(22)15-9-6-10-23-15/h3-10,14H,11-12H2,1-2H3,(H,18,22)(H,19,21)/p+1/t14-/m0/s1. The Morgan fingerprint density at radius 2 is 1.87 bits per heavy atom. The van der Waals surface area contributed by atoms with Crippen LogP contribution in [-0.2, 0) is 4.79 Å². The Balaban J connectivity index is 1.91. The Labute approximate surface area is 135 Å². The average Bonchev–Trinajstić information content (AvgIpc) is 3.07. The highest BCUT2D eigenvalue weighted by Crippen LogP contribution is 2.10. The summed E-state index contributed by atoms with van der Waals surface area (Å²) < 4.78 is 4.98. The summed E-state index contributed by atoms with van der Waals surface area (Å²) >= 11 is 0. The van der Waals surface area contributed by atoms with Crippen LogP contribution in [0, 0.1) is 0 Å². The van der Waals surface area contributed by atoms with E-state index in [9.17, 15) is 9.59 Å². The van der Waals surface area contributed by atoms with Gasteiger partial charge in [0, 0.05) is 0 Å². The molecule has 3 N–H and O–H groups in total. The molecule has 6 heteroatoms. The fourth-order valence-corrected chi connectivity index (χ4v) is 2.25. The van der Waals surface area contributed by atoms with Gasteiger partial charge in [0.15, 0.2) is 5.76 Å². The van der Waals surface area contributed by atoms with Crippen LogP contribution in [0.15, 0.2) is 53.1 Å². The maximum absolute atomic E-state index is 12.1. The molecule has 122 valence electrons. The summed E-state index contributed by atoms with van der Waals surface area (Å²) in [6.45, 7) is 0.660. The lowest BCUT2D eigenvalue weighted by Gasteiger charge is -2.21. The molecular formula is C17H22N3O3+. The van der Waals surface area contributed by atoms with Crippen LogP contribution in [0.25, 0.3) is 0 Å². The zero-order chi connectivity index (χ0) is 16.7. The van der Waals surface area contributed by atoms with Crippen molar-refractivity contribution in [1.82, 2.24) is 10.6 Å². The predicted molar refractivity (Wildman–Crippen MR) is 86.0 cm³/mol. The van der Waals surface area contributed by atoms with Gasteiger partial charge in [0.25, 0.3) is 5.91 Å². The number of carbonyl (C=O) groups is 2. The molecule has 1 aromatic carbocycles. The molecule has 6 nitrogen and oxygen atoms in total. The summed E-state index contributed by atoms with van der Waals surface area (Å²) in [4.78, 5) is 25.1. The zero-order valence-electron chi connectivity index (χ0n) is 13.3. The quantitative estimate of drug-likeness (QED) is 0.674. The SMILES string of the molecule is C[NH+](C)C[C@H](NC(=O)CNC(=O)c1ccco1)c1ccccc1. The van der Waals surface area contributed by atoms with Gasteiger partial charge in [-0.15, -0.1) is 0 Å². The van der Waals surface area contributed by atoms with Crippen LogP contribution in [0.4, 0.5) is 0 Å². The van der Waals surface area contributed by atoms with Crippen molar-refractivity contribution in [1.29, 1.82) is 0 Å². The number of carbonyl (C=O) groups excluding carboxylic acids is 2. The number of furan rings is 1. The predicted octanol–water partition coefficient (Wildman–Crippen LogP) is 0.0114. The van der Waals surface area contributed by atoms with E-state index in [2.05, 4.69) is 10.6 Å². The van der Waals surface area contributed by atoms with E-state index in [0.29, 0.717) is 0 Å². The molecule has 0 unspecified atom stereocenters. The van der Waals surface area contributed by atoms with E-state index in [1.54, 1.807) is 12.1 Å². The normalized spacial score (nSPS) is 12.0. The number of quaternary nitrogens is 1. The first-order chi connectivity index (χ1) is 11.1. The Morgan fingerprint density at radius 1 is 1.13 bits per heavy atom. The van der Waals surface area contributed by atoms with E-state index in [4.69, 9.17) is 4.42 Å². The molecule has 0 spiro atoms. The molecule has 23 heavy (non-hydrogen) atoms. The van der Waals surface area contributed by atoms with Gasteiger partial charge in [-0.1, -0.05) is 30.3 Å². The van der Waals surface area contributed by atoms with Crippen molar-refractivity contribution in [2.45, 2.75) is 6.04 Å². The summed E-state index contributed by atoms with van der Waals surface area (Å²) in [7, 11) is 4.06. The second-order valence-electron chi connectivity index (χ2n) is 5.60. The van der Waals surface area contributed by atoms with Gasteiger partial charge in [-0.05, 0) is 17.7 Å². The third-order valence-corrected chi connectivity index (χ3v) is 3.30. The monoisotopic (exact) mass is 316 g/mol. The summed E-state index contributed by atoms with van der Waals surface area (Å²) in [6.07, 6.45) is 1.42. The highest BCUT2D eigenvalue weighted by atomic mass is 16.3. The second kappa shape index (κ2) is 8.14. The van der Waals surface area contributed by atoms with Crippen LogP contribution in [0.2, 0.25) is 0 Å². The van der Waals surface area contributed by atoms with Gasteiger partial charge in [-0.3, -0.25) is 9.59 Å². The largest absolute Gasteiger partial charge is 0.459 e. The molecule has 0 radical (unpaired) electrons. The summed E-state index contributed by atoms with van der Waals surface area (Å²) in [5.41, 5.74) is 1.04. The third-order valence-electron chi connectivity index (χ3n) is 3.30. The van der Waals surface area contributed by atoms with Crippen molar-refractivity contribution in [3.8, 4) is 0 Å². The minimum absolute atomic E-state index is 0.0916. The van der Waals surface area contributed by atoms with Gasteiger partial charge in [-0.25, -0.2) is 0 Å². The molecular weight excluding hydrogens is 294 g/mol. The number of hydrogen-bond acceptors (Lipinski definition) is 3. The highest BCUT2D eigenvalue weighted by Gasteiger charge is 2.18. The molecule has 1 atom stereocenters. The Bertz CT molecular complexity index is 624. The Morgan fingerprint density at radius 3 is 2.48 bits per heavy atom. The highest BCUT2D eigenvalue weighted by molar-refractivity contribution is 5.94. The van der Waals surface area contributed by atoms with Crippen LogP contribution in [-0.4, -0.2) is 39.0 Å². The molecule has 0 aliphatic heterocycles. The van der Waals surface area contributed by atoms with Gasteiger partial charge in [0.1, 0.15) is 12.6 Å². The van der Waals surface area contributed by atoms with Crippen molar-refractivity contribution in [2.75, 3.05) is 27.2 Å². The minimum atomic E-state index is -0.403. The van der Waals surface area contributed by atoms with Crippen LogP contribution >= 0.6 is 0 Å². The van der Waals surface area contributed by atoms with E-state index in [1.807, 2.05) is 44.4 Å². The van der Waals surface area contributed by atoms with Crippen LogP contribution in [0.1, 0.15) is 22.2 Å². The average molecular weight is 316 g/mol. The molecule has 0 aliphatic rings. The molecule has 2 amide bonds. The molecule has 2 rings (SSSR count). The fourth-order valence-electron chi connectivity index (χ4n) is 2.25. The van der Waals surface area contributed by atoms with E-state index in [0.717, 1.165) is 12.1 Å². The Kier molecular flexibility index (Phi) is 5.94. The van der Waals surface area contributed by atoms with E-state index < -0.39 is 5.91 Å². The molecule has 0 aliphatic carbocycles. The topological polar surface area (TPSA) is 75.8 Å². The first-order valence-electron chi connectivity index (χ1n) is 7.51. The van der Waals surface area contributed by atoms with Gasteiger partial charge < -0.3 is 20.0 Å². The van der Waals surface area contributed by atoms with Crippen molar-refractivity contribution >= 4 is 11.8 Å². The smallest absolute Gasteiger partial charge is 0.287 e. The molecule has 1 aromatic heterocycles. The number of hydrogen-bond donors (Lipinski definition) is 3. The number of amides is 2. The van der Waals surface area contributed by atoms with Gasteiger partial charge >= 0.3 is 0 Å². The summed E-state index contributed by atoms with van der Waals surface area (Å²) in [5, 5.41) is 5.50. The van der Waals surface area contributed by atoms with Crippen LogP contribution in [0.3, 0.4) is 0 Å². The molecule has 0 saturated carbocycles. The molecule has 2 aromatic rings. The third kappa shape index (κ3) is 5.27. The summed E-state index contributed by atoms with van der Waals surface area (Å²) in [5.74, 6) is -0.449. The van der Waals surface area contributed by atoms with Crippen LogP contribution < -0.4 is 15.5 Å². The van der Waals surface area contributed by atoms with Crippen molar-refractivity contribution in [2.24, 2.45) is 0 Å². The zero-order valence-corrected chi connectivity index (χ0v) is 13.3. The summed E-state index contributed by atoms with van der Waals surface area (Å²) in [6, 6.07) is 12.9. The van der Waals surface area contributed by atoms with Gasteiger partial charge in [0.05, 0.1) is 26.9 Å². The molecule has 0 bridgehead atoms. The molecule has 0 saturated heterocycles. The van der Waals surface area contributed by atoms with Crippen molar-refractivity contribution in [3.63, 3.8) is 0 Å². The number of benzene rings is 1. The first-order valence-corrected chi connectivity index (χ1v) is 7.51. The van der Waals surface area contributed by atoms with Crippen LogP contribution in [0.5, 0.6) is 0 Å². The fraction of sp³-hybridized carbons (Fsp3) is 0.294. The van der Waals surface area contributed by atoms with Gasteiger partial charge in [-0.2, -0.15) is 0 Å². The number of nitrogens with one attached hydrogen (secondary N) is 3. The van der Waals surface area contributed by atoms with Crippen molar-refractivity contribution < 1.29 is 18.9 Å². The maximum Gasteiger partial charge on any atom is 0.287 e. The van der Waals surface area contributed by atoms with Gasteiger partial charge in [0.2, 0.25) is 5.91 Å². The van der Waals surface area contributed by atoms with E-state index in [1.165, 1.54) is 11.2 Å². The lowest BCUT2D eigenvalue weighted by Crippen LogP contribution is -3.06. The molecule has 1 heterocycles. The molecule has 0 fully saturated rings. The number of likely N-dealkylation sites (N-methyl/N-ethyl adjacent to an activating group) is 1. The van der Waals surface area contributed by atoms with E-state index in [-0.39, 0.29) is 24.3 Å². The lowest BCUT2D eigenvalue weighted by molar-refractivity contribution is -0.860. The second-order valence-corrected chi connectivity index (χ2v) is 5.60. The van der Waals surface area contributed by atoms with Crippen molar-refractivity contribution in [3.05, 3.63) is 60.1 Å².